The number of piperidine rings is 1. The van der Waals surface area contributed by atoms with Crippen molar-refractivity contribution in [2.75, 3.05) is 38.7 Å². The number of carbonyl (C=O) groups excluding carboxylic acids is 2. The van der Waals surface area contributed by atoms with Gasteiger partial charge in [-0.15, -0.1) is 12.4 Å². The molecule has 0 radical (unpaired) electrons. The van der Waals surface area contributed by atoms with E-state index in [2.05, 4.69) is 16.0 Å². The number of ether oxygens (including phenoxy) is 1. The van der Waals surface area contributed by atoms with Crippen molar-refractivity contribution in [3.8, 4) is 0 Å². The van der Waals surface area contributed by atoms with E-state index in [0.29, 0.717) is 24.4 Å². The summed E-state index contributed by atoms with van der Waals surface area (Å²) in [5, 5.41) is 9.09. The van der Waals surface area contributed by atoms with Gasteiger partial charge in [-0.25, -0.2) is 0 Å². The van der Waals surface area contributed by atoms with Crippen LogP contribution in [0.1, 0.15) is 33.8 Å². The van der Waals surface area contributed by atoms with Crippen LogP contribution in [0, 0.1) is 5.41 Å². The molecule has 2 heterocycles. The van der Waals surface area contributed by atoms with Crippen LogP contribution in [0.2, 0.25) is 0 Å². The summed E-state index contributed by atoms with van der Waals surface area (Å²) in [6.45, 7) is 3.03. The highest BCUT2D eigenvalue weighted by Gasteiger charge is 2.32. The lowest BCUT2D eigenvalue weighted by molar-refractivity contribution is 0.0511. The maximum Gasteiger partial charge on any atom is 0.291 e. The topological polar surface area (TPSA) is 92.6 Å². The molecule has 1 aliphatic heterocycles. The molecule has 0 atom stereocenters. The van der Waals surface area contributed by atoms with Crippen LogP contribution in [0.15, 0.2) is 47.1 Å². The fourth-order valence-corrected chi connectivity index (χ4v) is 3.34. The van der Waals surface area contributed by atoms with E-state index in [1.807, 2.05) is 0 Å². The average Bonchev–Trinajstić information content (AvgIpc) is 3.22. The minimum Gasteiger partial charge on any atom is -0.459 e. The zero-order chi connectivity index (χ0) is 19.1. The highest BCUT2D eigenvalue weighted by atomic mass is 35.5. The molecule has 3 rings (SSSR count). The van der Waals surface area contributed by atoms with Crippen molar-refractivity contribution in [2.45, 2.75) is 12.8 Å². The third kappa shape index (κ3) is 5.58. The number of rotatable bonds is 7. The molecule has 3 N–H and O–H groups in total. The quantitative estimate of drug-likeness (QED) is 0.656. The molecule has 0 aliphatic carbocycles. The lowest BCUT2D eigenvalue weighted by atomic mass is 9.79. The summed E-state index contributed by atoms with van der Waals surface area (Å²) in [4.78, 5) is 24.7. The van der Waals surface area contributed by atoms with Gasteiger partial charge < -0.3 is 25.1 Å². The van der Waals surface area contributed by atoms with E-state index in [4.69, 9.17) is 9.15 Å². The second-order valence-corrected chi connectivity index (χ2v) is 6.88. The average molecular weight is 408 g/mol. The number of benzene rings is 1. The molecule has 2 amide bonds. The lowest BCUT2D eigenvalue weighted by Gasteiger charge is -2.37. The number of amides is 2. The van der Waals surface area contributed by atoms with E-state index in [1.165, 1.54) is 6.26 Å². The zero-order valence-corrected chi connectivity index (χ0v) is 16.6. The van der Waals surface area contributed by atoms with Crippen molar-refractivity contribution in [1.29, 1.82) is 0 Å². The minimum atomic E-state index is -0.355. The highest BCUT2D eigenvalue weighted by molar-refractivity contribution is 6.03. The van der Waals surface area contributed by atoms with Gasteiger partial charge in [0.05, 0.1) is 12.9 Å². The van der Waals surface area contributed by atoms with Gasteiger partial charge in [0.1, 0.15) is 0 Å². The van der Waals surface area contributed by atoms with Crippen molar-refractivity contribution in [3.05, 3.63) is 54.0 Å². The first-order valence-corrected chi connectivity index (χ1v) is 9.05. The molecule has 1 saturated heterocycles. The van der Waals surface area contributed by atoms with Crippen LogP contribution >= 0.6 is 12.4 Å². The van der Waals surface area contributed by atoms with Crippen molar-refractivity contribution in [1.82, 2.24) is 10.6 Å². The standard InChI is InChI=1S/C20H25N3O4.ClH/c1-26-14-20(7-9-21-10-8-20)13-22-18(24)15-4-2-5-16(12-15)23-19(25)17-6-3-11-27-17;/h2-6,11-12,21H,7-10,13-14H2,1H3,(H,22,24)(H,23,25);1H. The molecule has 152 valence electrons. The van der Waals surface area contributed by atoms with E-state index in [1.54, 1.807) is 43.5 Å². The Bertz CT molecular complexity index is 768. The fraction of sp³-hybridized carbons (Fsp3) is 0.400. The second-order valence-electron chi connectivity index (χ2n) is 6.88. The molecule has 1 aromatic carbocycles. The van der Waals surface area contributed by atoms with Crippen LogP contribution in [0.5, 0.6) is 0 Å². The zero-order valence-electron chi connectivity index (χ0n) is 15.8. The Hall–Kier alpha value is -2.35. The fourth-order valence-electron chi connectivity index (χ4n) is 3.34. The maximum atomic E-state index is 12.6. The molecule has 1 aliphatic rings. The number of halogens is 1. The van der Waals surface area contributed by atoms with Gasteiger partial charge in [0.25, 0.3) is 11.8 Å². The van der Waals surface area contributed by atoms with Crippen LogP contribution in [-0.4, -0.2) is 45.2 Å². The van der Waals surface area contributed by atoms with Gasteiger partial charge in [-0.05, 0) is 56.3 Å². The Morgan fingerprint density at radius 2 is 1.96 bits per heavy atom. The monoisotopic (exact) mass is 407 g/mol. The smallest absolute Gasteiger partial charge is 0.291 e. The van der Waals surface area contributed by atoms with Crippen LogP contribution in [-0.2, 0) is 4.74 Å². The molecule has 0 unspecified atom stereocenters. The van der Waals surface area contributed by atoms with Crippen molar-refractivity contribution in [2.24, 2.45) is 5.41 Å². The van der Waals surface area contributed by atoms with Crippen LogP contribution < -0.4 is 16.0 Å². The van der Waals surface area contributed by atoms with Crippen molar-refractivity contribution < 1.29 is 18.7 Å². The van der Waals surface area contributed by atoms with Crippen molar-refractivity contribution >= 4 is 29.9 Å². The first-order chi connectivity index (χ1) is 13.1. The number of nitrogens with one attached hydrogen (secondary N) is 3. The van der Waals surface area contributed by atoms with E-state index in [0.717, 1.165) is 25.9 Å². The molecular weight excluding hydrogens is 382 g/mol. The molecule has 1 fully saturated rings. The normalized spacial score (nSPS) is 15.3. The molecule has 7 nitrogen and oxygen atoms in total. The SMILES string of the molecule is COCC1(CNC(=O)c2cccc(NC(=O)c3ccco3)c2)CCNCC1.Cl. The van der Waals surface area contributed by atoms with Gasteiger partial charge in [0.15, 0.2) is 5.76 Å². The third-order valence-electron chi connectivity index (χ3n) is 4.87. The molecule has 1 aromatic heterocycles. The van der Waals surface area contributed by atoms with Crippen LogP contribution in [0.25, 0.3) is 0 Å². The summed E-state index contributed by atoms with van der Waals surface area (Å²) >= 11 is 0. The van der Waals surface area contributed by atoms with Gasteiger partial charge in [-0.3, -0.25) is 9.59 Å². The summed E-state index contributed by atoms with van der Waals surface area (Å²) in [5.41, 5.74) is 0.993. The molecule has 28 heavy (non-hydrogen) atoms. The Morgan fingerprint density at radius 3 is 2.64 bits per heavy atom. The molecular formula is C20H26ClN3O4. The summed E-state index contributed by atoms with van der Waals surface area (Å²) in [6.07, 6.45) is 3.36. The van der Waals surface area contributed by atoms with E-state index < -0.39 is 0 Å². The maximum absolute atomic E-state index is 12.6. The van der Waals surface area contributed by atoms with Gasteiger partial charge in [-0.2, -0.15) is 0 Å². The predicted molar refractivity (Wildman–Crippen MR) is 109 cm³/mol. The first-order valence-electron chi connectivity index (χ1n) is 9.05. The lowest BCUT2D eigenvalue weighted by Crippen LogP contribution is -2.47. The number of carbonyl (C=O) groups is 2. The number of hydrogen-bond acceptors (Lipinski definition) is 5. The first kappa shape index (κ1) is 21.9. The Labute approximate surface area is 170 Å². The van der Waals surface area contributed by atoms with Gasteiger partial charge in [0.2, 0.25) is 0 Å². The molecule has 8 heteroatoms. The van der Waals surface area contributed by atoms with Crippen LogP contribution in [0.3, 0.4) is 0 Å². The summed E-state index contributed by atoms with van der Waals surface area (Å²) in [7, 11) is 1.69. The Balaban J connectivity index is 0.00000280. The second kappa shape index (κ2) is 10.3. The molecule has 0 bridgehead atoms. The summed E-state index contributed by atoms with van der Waals surface area (Å²) in [5.74, 6) is -0.304. The van der Waals surface area contributed by atoms with Crippen molar-refractivity contribution in [3.63, 3.8) is 0 Å². The number of furan rings is 1. The third-order valence-corrected chi connectivity index (χ3v) is 4.87. The molecule has 0 spiro atoms. The van der Waals surface area contributed by atoms with E-state index in [-0.39, 0.29) is 35.4 Å². The van der Waals surface area contributed by atoms with Gasteiger partial charge >= 0.3 is 0 Å². The molecule has 0 saturated carbocycles. The Morgan fingerprint density at radius 1 is 1.18 bits per heavy atom. The largest absolute Gasteiger partial charge is 0.459 e. The predicted octanol–water partition coefficient (Wildman–Crippen LogP) is 2.70. The summed E-state index contributed by atoms with van der Waals surface area (Å²) < 4.78 is 10.5. The van der Waals surface area contributed by atoms with Crippen LogP contribution in [0.4, 0.5) is 5.69 Å². The highest BCUT2D eigenvalue weighted by Crippen LogP contribution is 2.28. The number of anilines is 1. The Kier molecular flexibility index (Phi) is 8.04. The number of hydrogen-bond donors (Lipinski definition) is 3. The summed E-state index contributed by atoms with van der Waals surface area (Å²) in [6, 6.07) is 10.1. The van der Waals surface area contributed by atoms with Gasteiger partial charge in [0, 0.05) is 30.3 Å². The van der Waals surface area contributed by atoms with Gasteiger partial charge in [-0.1, -0.05) is 6.07 Å². The number of methoxy groups -OCH3 is 1. The van der Waals surface area contributed by atoms with E-state index >= 15 is 0 Å². The minimum absolute atomic E-state index is 0. The van der Waals surface area contributed by atoms with E-state index in [9.17, 15) is 9.59 Å². The molecule has 2 aromatic rings.